The van der Waals surface area contributed by atoms with Crippen molar-refractivity contribution in [1.82, 2.24) is 14.5 Å². The first-order chi connectivity index (χ1) is 16.3. The Morgan fingerprint density at radius 3 is 2.32 bits per heavy atom. The van der Waals surface area contributed by atoms with Gasteiger partial charge in [0, 0.05) is 41.8 Å². The quantitative estimate of drug-likeness (QED) is 0.554. The molecule has 1 atom stereocenters. The zero-order valence-electron chi connectivity index (χ0n) is 19.2. The number of carbonyl (C=O) groups is 1. The summed E-state index contributed by atoms with van der Waals surface area (Å²) >= 11 is 12.4. The van der Waals surface area contributed by atoms with Crippen molar-refractivity contribution in [2.24, 2.45) is 5.92 Å². The van der Waals surface area contributed by atoms with Crippen LogP contribution in [0.5, 0.6) is 0 Å². The number of amides is 1. The van der Waals surface area contributed by atoms with E-state index in [1.165, 1.54) is 22.7 Å². The number of rotatable bonds is 8. The molecule has 0 aliphatic carbocycles. The molecule has 184 valence electrons. The third-order valence-corrected chi connectivity index (χ3v) is 9.18. The number of piperidine rings is 1. The van der Waals surface area contributed by atoms with Gasteiger partial charge in [-0.15, -0.1) is 0 Å². The number of hydrogen-bond donors (Lipinski definition) is 1. The van der Waals surface area contributed by atoms with Gasteiger partial charge in [0.15, 0.2) is 0 Å². The SMILES string of the molecule is O=C(NCc1ccccc1CN1CCCC1)[C@@H]1CCCN(S(=O)(=O)Cc2c(Cl)cccc2Cl)C1. The van der Waals surface area contributed by atoms with Gasteiger partial charge in [-0.3, -0.25) is 9.69 Å². The molecule has 34 heavy (non-hydrogen) atoms. The summed E-state index contributed by atoms with van der Waals surface area (Å²) < 4.78 is 27.6. The van der Waals surface area contributed by atoms with E-state index in [2.05, 4.69) is 22.3 Å². The third kappa shape index (κ3) is 6.32. The van der Waals surface area contributed by atoms with E-state index >= 15 is 0 Å². The van der Waals surface area contributed by atoms with E-state index in [0.717, 1.165) is 25.2 Å². The Bertz CT molecular complexity index is 1100. The van der Waals surface area contributed by atoms with Crippen LogP contribution in [0.2, 0.25) is 10.0 Å². The van der Waals surface area contributed by atoms with Crippen LogP contribution in [0.25, 0.3) is 0 Å². The molecule has 0 saturated carbocycles. The molecule has 0 bridgehead atoms. The van der Waals surface area contributed by atoms with E-state index in [1.54, 1.807) is 18.2 Å². The number of halogens is 2. The van der Waals surface area contributed by atoms with Crippen LogP contribution in [0.4, 0.5) is 0 Å². The largest absolute Gasteiger partial charge is 0.352 e. The zero-order chi connectivity index (χ0) is 24.1. The summed E-state index contributed by atoms with van der Waals surface area (Å²) in [7, 11) is -3.66. The van der Waals surface area contributed by atoms with Gasteiger partial charge < -0.3 is 5.32 Å². The average Bonchev–Trinajstić information content (AvgIpc) is 3.34. The predicted molar refractivity (Wildman–Crippen MR) is 136 cm³/mol. The van der Waals surface area contributed by atoms with Crippen molar-refractivity contribution in [1.29, 1.82) is 0 Å². The second kappa shape index (κ2) is 11.4. The summed E-state index contributed by atoms with van der Waals surface area (Å²) in [4.78, 5) is 15.4. The first kappa shape index (κ1) is 25.5. The molecule has 2 aliphatic rings. The standard InChI is InChI=1S/C25H31Cl2N3O3S/c26-23-10-5-11-24(27)22(23)18-34(32,33)30-14-6-9-21(17-30)25(31)28-15-19-7-1-2-8-20(19)16-29-12-3-4-13-29/h1-2,5,7-8,10-11,21H,3-4,6,9,12-18H2,(H,28,31)/t21-/m1/s1. The fourth-order valence-corrected chi connectivity index (χ4v) is 7.11. The lowest BCUT2D eigenvalue weighted by molar-refractivity contribution is -0.126. The van der Waals surface area contributed by atoms with Crippen molar-refractivity contribution in [3.63, 3.8) is 0 Å². The second-order valence-electron chi connectivity index (χ2n) is 9.12. The maximum Gasteiger partial charge on any atom is 0.224 e. The molecule has 1 amide bonds. The molecule has 0 unspecified atom stereocenters. The molecule has 0 radical (unpaired) electrons. The number of hydrogen-bond acceptors (Lipinski definition) is 4. The van der Waals surface area contributed by atoms with Crippen LogP contribution in [0, 0.1) is 5.92 Å². The van der Waals surface area contributed by atoms with Crippen LogP contribution < -0.4 is 5.32 Å². The summed E-state index contributed by atoms with van der Waals surface area (Å²) in [6, 6.07) is 13.1. The van der Waals surface area contributed by atoms with Gasteiger partial charge in [0.25, 0.3) is 0 Å². The van der Waals surface area contributed by atoms with Crippen LogP contribution in [0.1, 0.15) is 42.4 Å². The number of carbonyl (C=O) groups excluding carboxylic acids is 1. The van der Waals surface area contributed by atoms with Crippen molar-refractivity contribution in [2.75, 3.05) is 26.2 Å². The lowest BCUT2D eigenvalue weighted by Gasteiger charge is -2.31. The highest BCUT2D eigenvalue weighted by molar-refractivity contribution is 7.88. The Kier molecular flexibility index (Phi) is 8.53. The topological polar surface area (TPSA) is 69.7 Å². The van der Waals surface area contributed by atoms with Gasteiger partial charge >= 0.3 is 0 Å². The molecular weight excluding hydrogens is 493 g/mol. The summed E-state index contributed by atoms with van der Waals surface area (Å²) in [6.45, 7) is 4.14. The van der Waals surface area contributed by atoms with E-state index in [4.69, 9.17) is 23.2 Å². The van der Waals surface area contributed by atoms with Gasteiger partial charge in [-0.2, -0.15) is 0 Å². The van der Waals surface area contributed by atoms with Crippen molar-refractivity contribution >= 4 is 39.1 Å². The van der Waals surface area contributed by atoms with Crippen molar-refractivity contribution in [3.8, 4) is 0 Å². The minimum Gasteiger partial charge on any atom is -0.352 e. The Hall–Kier alpha value is -1.64. The maximum atomic E-state index is 13.1. The van der Waals surface area contributed by atoms with E-state index in [0.29, 0.717) is 41.5 Å². The van der Waals surface area contributed by atoms with Gasteiger partial charge in [-0.1, -0.05) is 53.5 Å². The van der Waals surface area contributed by atoms with E-state index in [9.17, 15) is 13.2 Å². The van der Waals surface area contributed by atoms with Crippen molar-refractivity contribution in [3.05, 3.63) is 69.2 Å². The Morgan fingerprint density at radius 2 is 1.62 bits per heavy atom. The van der Waals surface area contributed by atoms with E-state index in [-0.39, 0.29) is 24.1 Å². The number of nitrogens with zero attached hydrogens (tertiary/aromatic N) is 2. The normalized spacial score (nSPS) is 19.9. The Labute approximate surface area is 212 Å². The van der Waals surface area contributed by atoms with Crippen LogP contribution in [-0.4, -0.2) is 49.7 Å². The minimum absolute atomic E-state index is 0.105. The highest BCUT2D eigenvalue weighted by atomic mass is 35.5. The predicted octanol–water partition coefficient (Wildman–Crippen LogP) is 4.45. The molecule has 4 rings (SSSR count). The van der Waals surface area contributed by atoms with Crippen LogP contribution in [-0.2, 0) is 33.7 Å². The molecule has 0 aromatic heterocycles. The zero-order valence-corrected chi connectivity index (χ0v) is 21.5. The van der Waals surface area contributed by atoms with Gasteiger partial charge in [0.1, 0.15) is 0 Å². The first-order valence-corrected chi connectivity index (χ1v) is 14.2. The molecule has 2 fully saturated rings. The summed E-state index contributed by atoms with van der Waals surface area (Å²) in [5.41, 5.74) is 2.73. The fraction of sp³-hybridized carbons (Fsp3) is 0.480. The first-order valence-electron chi connectivity index (χ1n) is 11.8. The average molecular weight is 525 g/mol. The molecule has 0 spiro atoms. The van der Waals surface area contributed by atoms with E-state index in [1.807, 2.05) is 12.1 Å². The van der Waals surface area contributed by atoms with Crippen molar-refractivity contribution in [2.45, 2.75) is 44.5 Å². The lowest BCUT2D eigenvalue weighted by atomic mass is 9.98. The molecule has 1 N–H and O–H groups in total. The molecule has 2 heterocycles. The smallest absolute Gasteiger partial charge is 0.224 e. The monoisotopic (exact) mass is 523 g/mol. The van der Waals surface area contributed by atoms with Crippen LogP contribution >= 0.6 is 23.2 Å². The molecule has 2 aliphatic heterocycles. The summed E-state index contributed by atoms with van der Waals surface area (Å²) in [6.07, 6.45) is 3.78. The van der Waals surface area contributed by atoms with Gasteiger partial charge in [-0.05, 0) is 62.0 Å². The van der Waals surface area contributed by atoms with Crippen molar-refractivity contribution < 1.29 is 13.2 Å². The summed E-state index contributed by atoms with van der Waals surface area (Å²) in [5.74, 6) is -0.758. The molecule has 2 aromatic rings. The number of benzene rings is 2. The lowest BCUT2D eigenvalue weighted by Crippen LogP contribution is -2.45. The number of likely N-dealkylation sites (tertiary alicyclic amines) is 1. The molecule has 6 nitrogen and oxygen atoms in total. The fourth-order valence-electron chi connectivity index (χ4n) is 4.75. The Balaban J connectivity index is 1.36. The minimum atomic E-state index is -3.66. The highest BCUT2D eigenvalue weighted by Gasteiger charge is 2.33. The molecule has 9 heteroatoms. The van der Waals surface area contributed by atoms with Gasteiger partial charge in [0.2, 0.25) is 15.9 Å². The molecular formula is C25H31Cl2N3O3S. The van der Waals surface area contributed by atoms with Crippen LogP contribution in [0.15, 0.2) is 42.5 Å². The maximum absolute atomic E-state index is 13.1. The van der Waals surface area contributed by atoms with Crippen LogP contribution in [0.3, 0.4) is 0 Å². The third-order valence-electron chi connectivity index (χ3n) is 6.70. The second-order valence-corrected chi connectivity index (χ2v) is 11.9. The van der Waals surface area contributed by atoms with E-state index < -0.39 is 10.0 Å². The molecule has 2 saturated heterocycles. The highest BCUT2D eigenvalue weighted by Crippen LogP contribution is 2.29. The van der Waals surface area contributed by atoms with Gasteiger partial charge in [0.05, 0.1) is 11.7 Å². The number of nitrogens with one attached hydrogen (secondary N) is 1. The molecule has 2 aromatic carbocycles. The van der Waals surface area contributed by atoms with Gasteiger partial charge in [-0.25, -0.2) is 12.7 Å². The Morgan fingerprint density at radius 1 is 0.941 bits per heavy atom. The summed E-state index contributed by atoms with van der Waals surface area (Å²) in [5, 5.41) is 3.71. The number of sulfonamides is 1.